The van der Waals surface area contributed by atoms with Gasteiger partial charge in [0.25, 0.3) is 0 Å². The molecule has 67 valence electrons. The Hall–Kier alpha value is -1.29. The fourth-order valence-electron chi connectivity index (χ4n) is 1.19. The Morgan fingerprint density at radius 1 is 1.46 bits per heavy atom. The minimum absolute atomic E-state index is 0.423. The zero-order valence-electron chi connectivity index (χ0n) is 7.89. The smallest absolute Gasteiger partial charge is 0.0997 e. The van der Waals surface area contributed by atoms with Crippen molar-refractivity contribution >= 4 is 0 Å². The van der Waals surface area contributed by atoms with Gasteiger partial charge in [-0.05, 0) is 30.2 Å². The molecule has 0 amide bonds. The molecule has 0 unspecified atom stereocenters. The maximum atomic E-state index is 12.4. The SMILES string of the molecule is C#Cc1cc(C)cc([C](C)CF)c1. The number of hydrogen-bond acceptors (Lipinski definition) is 0. The molecule has 0 aliphatic rings. The molecule has 0 nitrogen and oxygen atoms in total. The van der Waals surface area contributed by atoms with Gasteiger partial charge in [-0.3, -0.25) is 4.39 Å². The van der Waals surface area contributed by atoms with Crippen molar-refractivity contribution in [3.8, 4) is 12.3 Å². The van der Waals surface area contributed by atoms with Crippen molar-refractivity contribution in [2.45, 2.75) is 13.8 Å². The molecule has 1 aromatic carbocycles. The van der Waals surface area contributed by atoms with E-state index in [-0.39, 0.29) is 0 Å². The summed E-state index contributed by atoms with van der Waals surface area (Å²) in [6.45, 7) is 3.30. The summed E-state index contributed by atoms with van der Waals surface area (Å²) in [4.78, 5) is 0. The van der Waals surface area contributed by atoms with Gasteiger partial charge >= 0.3 is 0 Å². The Kier molecular flexibility index (Phi) is 3.08. The lowest BCUT2D eigenvalue weighted by molar-refractivity contribution is 0.516. The number of rotatable bonds is 2. The molecule has 0 heterocycles. The van der Waals surface area contributed by atoms with Crippen LogP contribution in [0.4, 0.5) is 4.39 Å². The second-order valence-electron chi connectivity index (χ2n) is 3.15. The van der Waals surface area contributed by atoms with E-state index >= 15 is 0 Å². The molecule has 1 heteroatoms. The highest BCUT2D eigenvalue weighted by molar-refractivity contribution is 5.43. The molecule has 0 atom stereocenters. The maximum Gasteiger partial charge on any atom is 0.0997 e. The van der Waals surface area contributed by atoms with E-state index in [1.165, 1.54) is 0 Å². The van der Waals surface area contributed by atoms with Gasteiger partial charge in [0.15, 0.2) is 0 Å². The van der Waals surface area contributed by atoms with Crippen LogP contribution in [0.3, 0.4) is 0 Å². The highest BCUT2D eigenvalue weighted by atomic mass is 19.1. The van der Waals surface area contributed by atoms with Crippen LogP contribution in [0.15, 0.2) is 18.2 Å². The van der Waals surface area contributed by atoms with E-state index in [9.17, 15) is 4.39 Å². The molecule has 0 N–H and O–H groups in total. The van der Waals surface area contributed by atoms with Crippen molar-refractivity contribution in [3.05, 3.63) is 40.8 Å². The third-order valence-corrected chi connectivity index (χ3v) is 1.94. The van der Waals surface area contributed by atoms with Gasteiger partial charge in [-0.15, -0.1) is 6.42 Å². The predicted octanol–water partition coefficient (Wildman–Crippen LogP) is 2.89. The summed E-state index contributed by atoms with van der Waals surface area (Å²) in [7, 11) is 0. The van der Waals surface area contributed by atoms with Gasteiger partial charge in [-0.25, -0.2) is 0 Å². The monoisotopic (exact) mass is 175 g/mol. The normalized spacial score (nSPS) is 10.1. The minimum Gasteiger partial charge on any atom is -0.250 e. The number of hydrogen-bond donors (Lipinski definition) is 0. The average Bonchev–Trinajstić information content (AvgIpc) is 2.15. The Morgan fingerprint density at radius 2 is 2.15 bits per heavy atom. The highest BCUT2D eigenvalue weighted by Crippen LogP contribution is 2.17. The van der Waals surface area contributed by atoms with Crippen LogP contribution in [-0.4, -0.2) is 6.67 Å². The van der Waals surface area contributed by atoms with Crippen molar-refractivity contribution in [1.82, 2.24) is 0 Å². The van der Waals surface area contributed by atoms with Crippen LogP contribution in [0.1, 0.15) is 23.6 Å². The summed E-state index contributed by atoms with van der Waals surface area (Å²) < 4.78 is 12.4. The molecule has 0 aliphatic heterocycles. The molecule has 1 rings (SSSR count). The number of halogens is 1. The molecule has 0 aliphatic carbocycles. The maximum absolute atomic E-state index is 12.4. The first-order valence-corrected chi connectivity index (χ1v) is 4.14. The molecule has 0 saturated heterocycles. The molecule has 0 spiro atoms. The largest absolute Gasteiger partial charge is 0.250 e. The average molecular weight is 175 g/mol. The lowest BCUT2D eigenvalue weighted by Gasteiger charge is -2.08. The summed E-state index contributed by atoms with van der Waals surface area (Å²) in [5.41, 5.74) is 2.77. The second kappa shape index (κ2) is 4.09. The lowest BCUT2D eigenvalue weighted by atomic mass is 9.98. The van der Waals surface area contributed by atoms with Crippen LogP contribution >= 0.6 is 0 Å². The van der Waals surface area contributed by atoms with Gasteiger partial charge in [0.1, 0.15) is 0 Å². The zero-order valence-corrected chi connectivity index (χ0v) is 7.89. The predicted molar refractivity (Wildman–Crippen MR) is 53.1 cm³/mol. The fraction of sp³-hybridized carbons (Fsp3) is 0.250. The van der Waals surface area contributed by atoms with Crippen molar-refractivity contribution in [2.24, 2.45) is 0 Å². The quantitative estimate of drug-likeness (QED) is 0.606. The van der Waals surface area contributed by atoms with Gasteiger partial charge < -0.3 is 0 Å². The van der Waals surface area contributed by atoms with Crippen molar-refractivity contribution in [2.75, 3.05) is 6.67 Å². The van der Waals surface area contributed by atoms with Crippen LogP contribution in [-0.2, 0) is 0 Å². The van der Waals surface area contributed by atoms with Crippen LogP contribution in [0.2, 0.25) is 0 Å². The lowest BCUT2D eigenvalue weighted by Crippen LogP contribution is -1.97. The molecule has 0 aromatic heterocycles. The van der Waals surface area contributed by atoms with E-state index in [1.807, 2.05) is 25.1 Å². The Bertz CT molecular complexity index is 333. The molecule has 0 saturated carbocycles. The van der Waals surface area contributed by atoms with Gasteiger partial charge in [-0.2, -0.15) is 0 Å². The van der Waals surface area contributed by atoms with E-state index in [2.05, 4.69) is 5.92 Å². The van der Waals surface area contributed by atoms with E-state index in [4.69, 9.17) is 6.42 Å². The van der Waals surface area contributed by atoms with Gasteiger partial charge in [0.2, 0.25) is 0 Å². The zero-order chi connectivity index (χ0) is 9.84. The summed E-state index contributed by atoms with van der Waals surface area (Å²) in [6.07, 6.45) is 5.28. The fourth-order valence-corrected chi connectivity index (χ4v) is 1.19. The van der Waals surface area contributed by atoms with Gasteiger partial charge in [-0.1, -0.05) is 18.9 Å². The third kappa shape index (κ3) is 2.32. The van der Waals surface area contributed by atoms with Gasteiger partial charge in [0.05, 0.1) is 6.67 Å². The van der Waals surface area contributed by atoms with E-state index in [0.29, 0.717) is 0 Å². The standard InChI is InChI=1S/C12H12F/c1-4-11-5-9(2)6-12(7-11)10(3)8-13/h1,5-7H,8H2,2-3H3. The molecular weight excluding hydrogens is 163 g/mol. The van der Waals surface area contributed by atoms with Crippen LogP contribution < -0.4 is 0 Å². The van der Waals surface area contributed by atoms with Crippen LogP contribution in [0, 0.1) is 25.2 Å². The minimum atomic E-state index is -0.423. The molecule has 1 radical (unpaired) electrons. The topological polar surface area (TPSA) is 0 Å². The number of aryl methyl sites for hydroxylation is 1. The first-order valence-electron chi connectivity index (χ1n) is 4.14. The highest BCUT2D eigenvalue weighted by Gasteiger charge is 2.06. The third-order valence-electron chi connectivity index (χ3n) is 1.94. The number of alkyl halides is 1. The molecule has 1 aromatic rings. The summed E-state index contributed by atoms with van der Waals surface area (Å²) in [5, 5.41) is 0. The van der Waals surface area contributed by atoms with Crippen molar-refractivity contribution < 1.29 is 4.39 Å². The Labute approximate surface area is 78.8 Å². The van der Waals surface area contributed by atoms with Crippen LogP contribution in [0.5, 0.6) is 0 Å². The molecule has 0 fully saturated rings. The molecular formula is C12H12F. The summed E-state index contributed by atoms with van der Waals surface area (Å²) in [6, 6.07) is 5.69. The number of terminal acetylenes is 1. The number of benzene rings is 1. The first kappa shape index (κ1) is 9.80. The summed E-state index contributed by atoms with van der Waals surface area (Å²) in [5.74, 6) is 3.27. The molecule has 13 heavy (non-hydrogen) atoms. The Morgan fingerprint density at radius 3 is 2.69 bits per heavy atom. The van der Waals surface area contributed by atoms with E-state index < -0.39 is 6.67 Å². The Balaban J connectivity index is 3.10. The van der Waals surface area contributed by atoms with Gasteiger partial charge in [0, 0.05) is 11.5 Å². The molecule has 0 bridgehead atoms. The van der Waals surface area contributed by atoms with Crippen molar-refractivity contribution in [3.63, 3.8) is 0 Å². The summed E-state index contributed by atoms with van der Waals surface area (Å²) >= 11 is 0. The van der Waals surface area contributed by atoms with E-state index in [0.717, 1.165) is 22.6 Å². The van der Waals surface area contributed by atoms with Crippen molar-refractivity contribution in [1.29, 1.82) is 0 Å². The van der Waals surface area contributed by atoms with Crippen LogP contribution in [0.25, 0.3) is 0 Å². The second-order valence-corrected chi connectivity index (χ2v) is 3.15. The first-order chi connectivity index (χ1) is 6.17. The van der Waals surface area contributed by atoms with E-state index in [1.54, 1.807) is 6.92 Å².